The predicted molar refractivity (Wildman–Crippen MR) is 182 cm³/mol. The summed E-state index contributed by atoms with van der Waals surface area (Å²) in [6.45, 7) is 3.09. The Bertz CT molecular complexity index is 1740. The highest BCUT2D eigenvalue weighted by Crippen LogP contribution is 2.24. The molecule has 0 aliphatic carbocycles. The zero-order chi connectivity index (χ0) is 31.8. The van der Waals surface area contributed by atoms with E-state index in [0.717, 1.165) is 34.7 Å². The van der Waals surface area contributed by atoms with Crippen LogP contribution in [0.25, 0.3) is 11.5 Å². The Hall–Kier alpha value is -4.92. The number of ether oxygens (including phenoxy) is 1. The maximum atomic E-state index is 13.4. The Morgan fingerprint density at radius 1 is 0.891 bits per heavy atom. The van der Waals surface area contributed by atoms with Crippen molar-refractivity contribution >= 4 is 29.8 Å². The number of nitrogens with zero attached hydrogens (tertiary/aromatic N) is 2. The fourth-order valence-electron chi connectivity index (χ4n) is 5.06. The van der Waals surface area contributed by atoms with Gasteiger partial charge in [-0.15, -0.1) is 12.4 Å². The van der Waals surface area contributed by atoms with Crippen molar-refractivity contribution in [2.45, 2.75) is 32.4 Å². The Morgan fingerprint density at radius 3 is 2.22 bits per heavy atom. The van der Waals surface area contributed by atoms with E-state index in [1.807, 2.05) is 99.9 Å². The number of aryl methyl sites for hydroxylation is 1. The van der Waals surface area contributed by atoms with Gasteiger partial charge in [-0.05, 0) is 68.5 Å². The number of carboxylic acids is 1. The molecule has 9 heteroatoms. The number of para-hydroxylation sites is 1. The lowest BCUT2D eigenvalue weighted by Gasteiger charge is -2.18. The van der Waals surface area contributed by atoms with Crippen LogP contribution in [0.15, 0.2) is 108 Å². The molecular formula is C37H38ClN3O5. The molecule has 5 rings (SSSR count). The second kappa shape index (κ2) is 15.9. The number of rotatable bonds is 14. The zero-order valence-corrected chi connectivity index (χ0v) is 26.9. The molecule has 2 N–H and O–H groups in total. The molecule has 0 spiro atoms. The smallest absolute Gasteiger partial charge is 0.326 e. The van der Waals surface area contributed by atoms with Crippen molar-refractivity contribution in [3.63, 3.8) is 0 Å². The first-order valence-electron chi connectivity index (χ1n) is 14.9. The molecule has 0 fully saturated rings. The van der Waals surface area contributed by atoms with Crippen LogP contribution in [0.5, 0.6) is 5.75 Å². The topological polar surface area (TPSA) is 105 Å². The Balaban J connectivity index is 0.00000480. The van der Waals surface area contributed by atoms with Crippen LogP contribution in [-0.2, 0) is 24.2 Å². The Morgan fingerprint density at radius 2 is 1.54 bits per heavy atom. The number of carboxylic acid groups (broad SMARTS) is 1. The van der Waals surface area contributed by atoms with Gasteiger partial charge in [0, 0.05) is 41.8 Å². The molecule has 1 heterocycles. The molecule has 8 nitrogen and oxygen atoms in total. The summed E-state index contributed by atoms with van der Waals surface area (Å²) in [5.41, 5.74) is 5.15. The average molecular weight is 640 g/mol. The van der Waals surface area contributed by atoms with E-state index in [1.54, 1.807) is 24.3 Å². The predicted octanol–water partition coefficient (Wildman–Crippen LogP) is 7.09. The summed E-state index contributed by atoms with van der Waals surface area (Å²) in [7, 11) is 3.98. The van der Waals surface area contributed by atoms with E-state index in [0.29, 0.717) is 41.5 Å². The molecule has 0 bridgehead atoms. The van der Waals surface area contributed by atoms with Gasteiger partial charge in [-0.2, -0.15) is 0 Å². The summed E-state index contributed by atoms with van der Waals surface area (Å²) in [5.74, 6) is 0.854. The van der Waals surface area contributed by atoms with E-state index in [9.17, 15) is 14.7 Å². The number of benzene rings is 4. The standard InChI is InChI=1S/C37H37N3O5.ClH/c1-25-32(39-36(45-25)29-9-5-4-6-10-29)21-22-44-30-19-15-26(16-20-30)23-34(37(42)43)38-33-12-8-7-11-31(33)35(41)28-17-13-27(14-18-28)24-40(2)3;/h4-20,34,38H,21-24H2,1-3H3,(H,42,43);1H. The third-order valence-electron chi connectivity index (χ3n) is 7.40. The van der Waals surface area contributed by atoms with Crippen LogP contribution in [0.4, 0.5) is 5.69 Å². The zero-order valence-electron chi connectivity index (χ0n) is 26.1. The Labute approximate surface area is 275 Å². The first kappa shape index (κ1) is 34.0. The number of anilines is 1. The number of hydrogen-bond donors (Lipinski definition) is 2. The number of carbonyl (C=O) groups excluding carboxylic acids is 1. The van der Waals surface area contributed by atoms with Gasteiger partial charge < -0.3 is 24.5 Å². The minimum absolute atomic E-state index is 0. The van der Waals surface area contributed by atoms with Gasteiger partial charge in [0.25, 0.3) is 0 Å². The van der Waals surface area contributed by atoms with Crippen LogP contribution in [-0.4, -0.2) is 53.5 Å². The summed E-state index contributed by atoms with van der Waals surface area (Å²) in [4.78, 5) is 32.3. The van der Waals surface area contributed by atoms with Crippen molar-refractivity contribution in [3.8, 4) is 17.2 Å². The van der Waals surface area contributed by atoms with Crippen molar-refractivity contribution in [1.29, 1.82) is 0 Å². The van der Waals surface area contributed by atoms with Crippen molar-refractivity contribution < 1.29 is 23.8 Å². The normalized spacial score (nSPS) is 11.5. The molecule has 1 unspecified atom stereocenters. The largest absolute Gasteiger partial charge is 0.493 e. The van der Waals surface area contributed by atoms with E-state index in [1.165, 1.54) is 0 Å². The molecular weight excluding hydrogens is 602 g/mol. The molecule has 0 aliphatic heterocycles. The van der Waals surface area contributed by atoms with Gasteiger partial charge in [-0.3, -0.25) is 4.79 Å². The van der Waals surface area contributed by atoms with Gasteiger partial charge in [0.15, 0.2) is 5.78 Å². The van der Waals surface area contributed by atoms with Crippen molar-refractivity contribution in [2.24, 2.45) is 0 Å². The van der Waals surface area contributed by atoms with E-state index in [4.69, 9.17) is 9.15 Å². The summed E-state index contributed by atoms with van der Waals surface area (Å²) in [6, 6.07) is 30.7. The van der Waals surface area contributed by atoms with Crippen LogP contribution in [0.3, 0.4) is 0 Å². The maximum Gasteiger partial charge on any atom is 0.326 e. The number of carbonyl (C=O) groups is 2. The van der Waals surface area contributed by atoms with E-state index < -0.39 is 12.0 Å². The molecule has 0 amide bonds. The highest BCUT2D eigenvalue weighted by atomic mass is 35.5. The number of oxazole rings is 1. The lowest BCUT2D eigenvalue weighted by molar-refractivity contribution is -0.137. The molecule has 0 saturated heterocycles. The van der Waals surface area contributed by atoms with Crippen LogP contribution in [0.2, 0.25) is 0 Å². The quantitative estimate of drug-likeness (QED) is 0.124. The van der Waals surface area contributed by atoms with Crippen LogP contribution < -0.4 is 10.1 Å². The van der Waals surface area contributed by atoms with Gasteiger partial charge in [-0.25, -0.2) is 9.78 Å². The SMILES string of the molecule is Cc1oc(-c2ccccc2)nc1CCOc1ccc(CC(Nc2ccccc2C(=O)c2ccc(CN(C)C)cc2)C(=O)O)cc1.Cl. The highest BCUT2D eigenvalue weighted by molar-refractivity contribution is 6.12. The van der Waals surface area contributed by atoms with Gasteiger partial charge in [0.05, 0.1) is 12.3 Å². The van der Waals surface area contributed by atoms with Crippen LogP contribution in [0.1, 0.15) is 38.5 Å². The number of aromatic nitrogens is 1. The van der Waals surface area contributed by atoms with E-state index in [2.05, 4.69) is 15.2 Å². The average Bonchev–Trinajstić information content (AvgIpc) is 3.42. The summed E-state index contributed by atoms with van der Waals surface area (Å²) in [5, 5.41) is 13.1. The molecule has 5 aromatic rings. The first-order chi connectivity index (χ1) is 21.8. The van der Waals surface area contributed by atoms with Gasteiger partial charge in [-0.1, -0.05) is 66.7 Å². The van der Waals surface area contributed by atoms with Gasteiger partial charge in [0.1, 0.15) is 17.6 Å². The fourth-order valence-corrected chi connectivity index (χ4v) is 5.06. The van der Waals surface area contributed by atoms with Crippen molar-refractivity contribution in [2.75, 3.05) is 26.0 Å². The van der Waals surface area contributed by atoms with Crippen LogP contribution in [0, 0.1) is 6.92 Å². The number of ketones is 1. The summed E-state index contributed by atoms with van der Waals surface area (Å²) < 4.78 is 11.8. The highest BCUT2D eigenvalue weighted by Gasteiger charge is 2.21. The van der Waals surface area contributed by atoms with Crippen LogP contribution >= 0.6 is 12.4 Å². The van der Waals surface area contributed by atoms with E-state index in [-0.39, 0.29) is 24.6 Å². The molecule has 1 atom stereocenters. The molecule has 46 heavy (non-hydrogen) atoms. The third-order valence-corrected chi connectivity index (χ3v) is 7.40. The number of nitrogens with one attached hydrogen (secondary N) is 1. The molecule has 4 aromatic carbocycles. The van der Waals surface area contributed by atoms with Crippen molar-refractivity contribution in [1.82, 2.24) is 9.88 Å². The molecule has 0 radical (unpaired) electrons. The van der Waals surface area contributed by atoms with E-state index >= 15 is 0 Å². The monoisotopic (exact) mass is 639 g/mol. The minimum atomic E-state index is -1.01. The Kier molecular flexibility index (Phi) is 11.7. The number of aliphatic carboxylic acids is 1. The molecule has 0 aliphatic rings. The second-order valence-corrected chi connectivity index (χ2v) is 11.2. The summed E-state index contributed by atoms with van der Waals surface area (Å²) >= 11 is 0. The lowest BCUT2D eigenvalue weighted by Crippen LogP contribution is -2.32. The fraction of sp³-hybridized carbons (Fsp3) is 0.216. The van der Waals surface area contributed by atoms with Crippen molar-refractivity contribution in [3.05, 3.63) is 137 Å². The number of halogens is 1. The van der Waals surface area contributed by atoms with Gasteiger partial charge >= 0.3 is 5.97 Å². The molecule has 1 aromatic heterocycles. The first-order valence-corrected chi connectivity index (χ1v) is 14.9. The van der Waals surface area contributed by atoms with Gasteiger partial charge in [0.2, 0.25) is 5.89 Å². The molecule has 238 valence electrons. The molecule has 0 saturated carbocycles. The summed E-state index contributed by atoms with van der Waals surface area (Å²) in [6.07, 6.45) is 0.811. The maximum absolute atomic E-state index is 13.4. The lowest BCUT2D eigenvalue weighted by atomic mass is 9.99. The third kappa shape index (κ3) is 8.84. The minimum Gasteiger partial charge on any atom is -0.493 e. The number of hydrogen-bond acceptors (Lipinski definition) is 7. The second-order valence-electron chi connectivity index (χ2n) is 11.2.